The molecular weight excluding hydrogens is 507 g/mol. The Labute approximate surface area is 248 Å². The summed E-state index contributed by atoms with van der Waals surface area (Å²) in [7, 11) is 0. The standard InChI is InChI=1S/C39H31BN2/c1-28-16-15-17-29(2)38(28)40-34-24-11-9-22-32(34)39(33-23-10-12-25-35(33)40)41(30-18-5-3-6-19-30)36-26-13-14-27-37(36)42(39)31-20-7-4-8-21-31/h3-27H,1-2H3. The average molecular weight is 539 g/mol. The molecule has 0 unspecified atom stereocenters. The summed E-state index contributed by atoms with van der Waals surface area (Å²) in [6, 6.07) is 55.7. The first-order valence-corrected chi connectivity index (χ1v) is 14.8. The zero-order valence-corrected chi connectivity index (χ0v) is 23.9. The Morgan fingerprint density at radius 3 is 1.31 bits per heavy atom. The minimum Gasteiger partial charge on any atom is -0.308 e. The summed E-state index contributed by atoms with van der Waals surface area (Å²) in [6.07, 6.45) is 0. The van der Waals surface area contributed by atoms with E-state index in [-0.39, 0.29) is 6.71 Å². The summed E-state index contributed by atoms with van der Waals surface area (Å²) in [5.74, 6) is 0. The second kappa shape index (κ2) is 9.53. The minimum atomic E-state index is -0.646. The van der Waals surface area contributed by atoms with Crippen LogP contribution in [0.15, 0.2) is 152 Å². The van der Waals surface area contributed by atoms with Crippen LogP contribution in [0.3, 0.4) is 0 Å². The van der Waals surface area contributed by atoms with Crippen LogP contribution in [0.5, 0.6) is 0 Å². The first-order valence-electron chi connectivity index (χ1n) is 14.8. The molecule has 0 amide bonds. The molecule has 8 rings (SSSR count). The molecule has 200 valence electrons. The predicted molar refractivity (Wildman–Crippen MR) is 178 cm³/mol. The van der Waals surface area contributed by atoms with Crippen LogP contribution in [0, 0.1) is 13.8 Å². The van der Waals surface area contributed by atoms with Crippen molar-refractivity contribution in [2.24, 2.45) is 0 Å². The van der Waals surface area contributed by atoms with E-state index in [1.807, 2.05) is 0 Å². The second-order valence-corrected chi connectivity index (χ2v) is 11.4. The van der Waals surface area contributed by atoms with E-state index in [0.29, 0.717) is 0 Å². The van der Waals surface area contributed by atoms with Gasteiger partial charge in [0.15, 0.2) is 5.66 Å². The molecule has 0 bridgehead atoms. The van der Waals surface area contributed by atoms with Crippen LogP contribution in [-0.4, -0.2) is 6.71 Å². The normalized spacial score (nSPS) is 14.5. The van der Waals surface area contributed by atoms with Gasteiger partial charge in [-0.3, -0.25) is 0 Å². The Kier molecular flexibility index (Phi) is 5.62. The molecule has 0 saturated carbocycles. The zero-order valence-electron chi connectivity index (χ0n) is 23.9. The molecule has 0 aliphatic carbocycles. The first-order chi connectivity index (χ1) is 20.7. The van der Waals surface area contributed by atoms with E-state index in [1.165, 1.54) is 61.4 Å². The van der Waals surface area contributed by atoms with Gasteiger partial charge in [-0.05, 0) is 61.4 Å². The van der Waals surface area contributed by atoms with Crippen molar-refractivity contribution in [1.29, 1.82) is 0 Å². The number of nitrogens with zero attached hydrogens (tertiary/aromatic N) is 2. The van der Waals surface area contributed by atoms with Crippen LogP contribution in [0.2, 0.25) is 0 Å². The summed E-state index contributed by atoms with van der Waals surface area (Å²) < 4.78 is 0. The van der Waals surface area contributed by atoms with Crippen molar-refractivity contribution in [3.8, 4) is 0 Å². The summed E-state index contributed by atoms with van der Waals surface area (Å²) in [5.41, 5.74) is 13.5. The van der Waals surface area contributed by atoms with Crippen molar-refractivity contribution < 1.29 is 0 Å². The maximum atomic E-state index is 2.58. The number of benzene rings is 6. The van der Waals surface area contributed by atoms with Crippen LogP contribution in [0.4, 0.5) is 22.7 Å². The molecule has 2 nitrogen and oxygen atoms in total. The highest BCUT2D eigenvalue weighted by Crippen LogP contribution is 2.59. The summed E-state index contributed by atoms with van der Waals surface area (Å²) in [5, 5.41) is 0. The quantitative estimate of drug-likeness (QED) is 0.218. The molecule has 0 aromatic heterocycles. The van der Waals surface area contributed by atoms with Gasteiger partial charge < -0.3 is 9.80 Å². The van der Waals surface area contributed by atoms with E-state index in [9.17, 15) is 0 Å². The van der Waals surface area contributed by atoms with Crippen molar-refractivity contribution in [3.63, 3.8) is 0 Å². The highest BCUT2D eigenvalue weighted by molar-refractivity contribution is 6.97. The first kappa shape index (κ1) is 24.8. The van der Waals surface area contributed by atoms with E-state index in [0.717, 1.165) is 0 Å². The fourth-order valence-corrected chi connectivity index (χ4v) is 7.62. The molecule has 0 saturated heterocycles. The number of aryl methyl sites for hydroxylation is 2. The maximum Gasteiger partial charge on any atom is 0.243 e. The molecule has 0 radical (unpaired) electrons. The largest absolute Gasteiger partial charge is 0.308 e. The van der Waals surface area contributed by atoms with Crippen LogP contribution >= 0.6 is 0 Å². The molecular formula is C39H31BN2. The van der Waals surface area contributed by atoms with Crippen molar-refractivity contribution in [1.82, 2.24) is 0 Å². The molecule has 6 aromatic rings. The number of hydrogen-bond acceptors (Lipinski definition) is 2. The fraction of sp³-hybridized carbons (Fsp3) is 0.0769. The third-order valence-corrected chi connectivity index (χ3v) is 9.17. The van der Waals surface area contributed by atoms with Gasteiger partial charge in [0.25, 0.3) is 0 Å². The van der Waals surface area contributed by atoms with E-state index >= 15 is 0 Å². The molecule has 3 heteroatoms. The smallest absolute Gasteiger partial charge is 0.243 e. The molecule has 42 heavy (non-hydrogen) atoms. The van der Waals surface area contributed by atoms with E-state index < -0.39 is 5.66 Å². The van der Waals surface area contributed by atoms with Crippen molar-refractivity contribution in [2.45, 2.75) is 19.5 Å². The molecule has 0 atom stereocenters. The lowest BCUT2D eigenvalue weighted by atomic mass is 9.31. The summed E-state index contributed by atoms with van der Waals surface area (Å²) in [6.45, 7) is 4.65. The monoisotopic (exact) mass is 538 g/mol. The SMILES string of the molecule is Cc1cccc(C)c1B1c2ccccc2C2(c3ccccc31)N(c1ccccc1)c1ccccc1N2c1ccccc1. The Bertz CT molecular complexity index is 1800. The van der Waals surface area contributed by atoms with Gasteiger partial charge in [-0.1, -0.05) is 143 Å². The van der Waals surface area contributed by atoms with Gasteiger partial charge in [-0.25, -0.2) is 0 Å². The molecule has 0 fully saturated rings. The van der Waals surface area contributed by atoms with Gasteiger partial charge in [0.1, 0.15) is 0 Å². The molecule has 2 aliphatic rings. The number of fused-ring (bicyclic) bond motifs is 5. The Hall–Kier alpha value is -5.02. The lowest BCUT2D eigenvalue weighted by Gasteiger charge is -2.51. The van der Waals surface area contributed by atoms with Crippen LogP contribution < -0.4 is 26.2 Å². The molecule has 2 heterocycles. The Balaban J connectivity index is 1.55. The maximum absolute atomic E-state index is 2.58. The lowest BCUT2D eigenvalue weighted by Crippen LogP contribution is -2.68. The van der Waals surface area contributed by atoms with E-state index in [4.69, 9.17) is 0 Å². The predicted octanol–water partition coefficient (Wildman–Crippen LogP) is 7.32. The van der Waals surface area contributed by atoms with Gasteiger partial charge in [0.2, 0.25) is 6.71 Å². The lowest BCUT2D eigenvalue weighted by molar-refractivity contribution is 0.563. The van der Waals surface area contributed by atoms with E-state index in [2.05, 4.69) is 175 Å². The Morgan fingerprint density at radius 1 is 0.429 bits per heavy atom. The second-order valence-electron chi connectivity index (χ2n) is 11.4. The van der Waals surface area contributed by atoms with Crippen molar-refractivity contribution in [2.75, 3.05) is 9.80 Å². The average Bonchev–Trinajstić information content (AvgIpc) is 3.35. The summed E-state index contributed by atoms with van der Waals surface area (Å²) in [4.78, 5) is 5.15. The molecule has 1 spiro atoms. The molecule has 0 N–H and O–H groups in total. The minimum absolute atomic E-state index is 0.128. The fourth-order valence-electron chi connectivity index (χ4n) is 7.62. The van der Waals surface area contributed by atoms with Crippen LogP contribution in [0.25, 0.3) is 0 Å². The van der Waals surface area contributed by atoms with Crippen LogP contribution in [-0.2, 0) is 5.66 Å². The van der Waals surface area contributed by atoms with Crippen LogP contribution in [0.1, 0.15) is 22.3 Å². The van der Waals surface area contributed by atoms with Gasteiger partial charge in [-0.15, -0.1) is 0 Å². The highest BCUT2D eigenvalue weighted by atomic mass is 15.5. The zero-order chi connectivity index (χ0) is 28.3. The van der Waals surface area contributed by atoms with Crippen molar-refractivity contribution in [3.05, 3.63) is 174 Å². The van der Waals surface area contributed by atoms with Crippen molar-refractivity contribution >= 4 is 45.9 Å². The third-order valence-electron chi connectivity index (χ3n) is 9.17. The third kappa shape index (κ3) is 3.34. The van der Waals surface area contributed by atoms with Gasteiger partial charge in [-0.2, -0.15) is 0 Å². The van der Waals surface area contributed by atoms with Gasteiger partial charge in [0, 0.05) is 11.4 Å². The number of hydrogen-bond donors (Lipinski definition) is 0. The number of rotatable bonds is 3. The Morgan fingerprint density at radius 2 is 0.833 bits per heavy atom. The number of para-hydroxylation sites is 4. The van der Waals surface area contributed by atoms with Gasteiger partial charge >= 0.3 is 0 Å². The van der Waals surface area contributed by atoms with Gasteiger partial charge in [0.05, 0.1) is 11.4 Å². The topological polar surface area (TPSA) is 6.48 Å². The van der Waals surface area contributed by atoms with E-state index in [1.54, 1.807) is 0 Å². The molecule has 2 aliphatic heterocycles. The highest BCUT2D eigenvalue weighted by Gasteiger charge is 2.58. The molecule has 6 aromatic carbocycles. The summed E-state index contributed by atoms with van der Waals surface area (Å²) >= 11 is 0. The number of anilines is 4.